The van der Waals surface area contributed by atoms with E-state index in [0.29, 0.717) is 13.2 Å². The van der Waals surface area contributed by atoms with E-state index in [1.165, 1.54) is 33.4 Å². The summed E-state index contributed by atoms with van der Waals surface area (Å²) in [6.45, 7) is 16.8. The molecule has 4 heterocycles. The van der Waals surface area contributed by atoms with Gasteiger partial charge in [-0.15, -0.1) is 0 Å². The summed E-state index contributed by atoms with van der Waals surface area (Å²) in [5.41, 5.74) is 12.1. The summed E-state index contributed by atoms with van der Waals surface area (Å²) in [5.74, 6) is 1.83. The minimum absolute atomic E-state index is 0.417. The predicted molar refractivity (Wildman–Crippen MR) is 178 cm³/mol. The van der Waals surface area contributed by atoms with Crippen LogP contribution in [0.5, 0.6) is 11.5 Å². The number of aromatic nitrogens is 8. The Kier molecular flexibility index (Phi) is 9.05. The molecule has 0 aliphatic carbocycles. The molecule has 2 aromatic carbocycles. The van der Waals surface area contributed by atoms with Gasteiger partial charge in [0.15, 0.2) is 0 Å². The molecule has 238 valence electrons. The van der Waals surface area contributed by atoms with E-state index in [2.05, 4.69) is 79.7 Å². The Balaban J connectivity index is 1.27. The molecule has 0 saturated heterocycles. The molecule has 0 spiro atoms. The van der Waals surface area contributed by atoms with Gasteiger partial charge in [0.25, 0.3) is 0 Å². The Hall–Kier alpha value is -5.12. The van der Waals surface area contributed by atoms with Gasteiger partial charge in [0.05, 0.1) is 25.3 Å². The van der Waals surface area contributed by atoms with Gasteiger partial charge in [-0.2, -0.15) is 0 Å². The summed E-state index contributed by atoms with van der Waals surface area (Å²) in [7, 11) is 0. The van der Waals surface area contributed by atoms with Crippen molar-refractivity contribution in [2.75, 3.05) is 13.2 Å². The first-order chi connectivity index (χ1) is 22.3. The average Bonchev–Trinajstić information content (AvgIpc) is 3.88. The highest BCUT2D eigenvalue weighted by Gasteiger charge is 2.21. The topological polar surface area (TPSA) is 89.7 Å². The monoisotopic (exact) mass is 618 g/mol. The zero-order valence-corrected chi connectivity index (χ0v) is 27.6. The first-order valence-electron chi connectivity index (χ1n) is 15.6. The van der Waals surface area contributed by atoms with Crippen molar-refractivity contribution in [2.24, 2.45) is 0 Å². The van der Waals surface area contributed by atoms with E-state index in [9.17, 15) is 0 Å². The predicted octanol–water partition coefficient (Wildman–Crippen LogP) is 5.97. The maximum absolute atomic E-state index is 6.60. The van der Waals surface area contributed by atoms with Crippen molar-refractivity contribution in [1.29, 1.82) is 0 Å². The Morgan fingerprint density at radius 1 is 0.413 bits per heavy atom. The summed E-state index contributed by atoms with van der Waals surface area (Å²) in [6, 6.07) is 0. The second-order valence-corrected chi connectivity index (χ2v) is 12.0. The summed E-state index contributed by atoms with van der Waals surface area (Å²) >= 11 is 0. The van der Waals surface area contributed by atoms with Gasteiger partial charge in [-0.25, -0.2) is 19.9 Å². The van der Waals surface area contributed by atoms with E-state index in [4.69, 9.17) is 9.47 Å². The number of rotatable bonds is 13. The lowest BCUT2D eigenvalue weighted by atomic mass is 9.91. The molecule has 6 rings (SSSR count). The first-order valence-corrected chi connectivity index (χ1v) is 15.6. The van der Waals surface area contributed by atoms with Crippen LogP contribution < -0.4 is 9.47 Å². The molecule has 0 atom stereocenters. The van der Waals surface area contributed by atoms with Crippen molar-refractivity contribution in [2.45, 2.75) is 67.7 Å². The van der Waals surface area contributed by atoms with E-state index in [1.807, 2.05) is 74.9 Å². The van der Waals surface area contributed by atoms with Crippen molar-refractivity contribution in [3.8, 4) is 11.5 Å². The molecule has 0 unspecified atom stereocenters. The highest BCUT2D eigenvalue weighted by atomic mass is 16.5. The van der Waals surface area contributed by atoms with E-state index < -0.39 is 0 Å². The van der Waals surface area contributed by atoms with Crippen LogP contribution in [0.4, 0.5) is 0 Å². The molecule has 0 N–H and O–H groups in total. The van der Waals surface area contributed by atoms with Gasteiger partial charge in [-0.1, -0.05) is 0 Å². The molecule has 0 amide bonds. The second kappa shape index (κ2) is 13.5. The molecular weight excluding hydrogens is 576 g/mol. The van der Waals surface area contributed by atoms with E-state index in [0.717, 1.165) is 59.9 Å². The van der Waals surface area contributed by atoms with E-state index in [1.54, 1.807) is 0 Å². The Labute approximate surface area is 270 Å². The standard InChI is InChI=1S/C36H42N8O2/c1-25-31(17-41-11-7-37-21-41)27(3)35(28(4)32(25)18-42-12-8-38-22-42)45-15-16-46-36-29(5)33(19-43-13-9-39-23-43)26(2)34(30(36)6)20-44-14-10-40-24-44/h7-14,21-24H,15-20H2,1-6H3. The Morgan fingerprint density at radius 3 is 0.891 bits per heavy atom. The zero-order chi connectivity index (χ0) is 32.2. The third-order valence-corrected chi connectivity index (χ3v) is 9.16. The van der Waals surface area contributed by atoms with Crippen molar-refractivity contribution >= 4 is 0 Å². The maximum Gasteiger partial charge on any atom is 0.125 e. The number of imidazole rings is 4. The first kappa shape index (κ1) is 30.9. The van der Waals surface area contributed by atoms with Crippen LogP contribution in [-0.2, 0) is 26.2 Å². The number of nitrogens with zero attached hydrogens (tertiary/aromatic N) is 8. The summed E-state index contributed by atoms with van der Waals surface area (Å²) in [5, 5.41) is 0. The average molecular weight is 619 g/mol. The molecule has 6 aromatic rings. The van der Waals surface area contributed by atoms with Crippen LogP contribution in [0.25, 0.3) is 0 Å². The molecule has 0 aliphatic heterocycles. The van der Waals surface area contributed by atoms with Gasteiger partial charge in [-0.05, 0) is 97.2 Å². The molecular formula is C36H42N8O2. The van der Waals surface area contributed by atoms with Crippen LogP contribution in [0.2, 0.25) is 0 Å². The highest BCUT2D eigenvalue weighted by molar-refractivity contribution is 5.56. The van der Waals surface area contributed by atoms with Crippen molar-refractivity contribution in [3.05, 3.63) is 131 Å². The molecule has 46 heavy (non-hydrogen) atoms. The van der Waals surface area contributed by atoms with Gasteiger partial charge in [0.2, 0.25) is 0 Å². The van der Waals surface area contributed by atoms with Crippen molar-refractivity contribution < 1.29 is 9.47 Å². The van der Waals surface area contributed by atoms with Crippen molar-refractivity contribution in [1.82, 2.24) is 38.2 Å². The molecule has 0 radical (unpaired) electrons. The summed E-state index contributed by atoms with van der Waals surface area (Å²) in [6.07, 6.45) is 22.7. The van der Waals surface area contributed by atoms with E-state index in [-0.39, 0.29) is 0 Å². The number of ether oxygens (including phenoxy) is 2. The zero-order valence-electron chi connectivity index (χ0n) is 27.6. The van der Waals surface area contributed by atoms with Gasteiger partial charge in [0.1, 0.15) is 24.7 Å². The smallest absolute Gasteiger partial charge is 0.125 e. The van der Waals surface area contributed by atoms with Crippen LogP contribution >= 0.6 is 0 Å². The SMILES string of the molecule is Cc1c(Cn2ccnc2)c(C)c(OCCOc2c(C)c(Cn3ccnc3)c(C)c(Cn3ccnc3)c2C)c(C)c1Cn1ccnc1. The van der Waals surface area contributed by atoms with Crippen molar-refractivity contribution in [3.63, 3.8) is 0 Å². The fourth-order valence-corrected chi connectivity index (χ4v) is 6.52. The molecule has 4 aromatic heterocycles. The molecule has 0 bridgehead atoms. The fraction of sp³-hybridized carbons (Fsp3) is 0.333. The number of benzene rings is 2. The van der Waals surface area contributed by atoms with Gasteiger partial charge >= 0.3 is 0 Å². The van der Waals surface area contributed by atoms with Gasteiger partial charge < -0.3 is 27.7 Å². The third kappa shape index (κ3) is 6.33. The Morgan fingerprint density at radius 2 is 0.674 bits per heavy atom. The number of hydrogen-bond acceptors (Lipinski definition) is 6. The normalized spacial score (nSPS) is 11.3. The maximum atomic E-state index is 6.60. The lowest BCUT2D eigenvalue weighted by Crippen LogP contribution is -2.16. The fourth-order valence-electron chi connectivity index (χ4n) is 6.52. The minimum Gasteiger partial charge on any atom is -0.489 e. The van der Waals surface area contributed by atoms with Crippen LogP contribution in [0.1, 0.15) is 55.6 Å². The van der Waals surface area contributed by atoms with Gasteiger partial charge in [0, 0.05) is 75.8 Å². The lowest BCUT2D eigenvalue weighted by molar-refractivity contribution is 0.213. The minimum atomic E-state index is 0.417. The quantitative estimate of drug-likeness (QED) is 0.148. The van der Waals surface area contributed by atoms with E-state index >= 15 is 0 Å². The van der Waals surface area contributed by atoms with Gasteiger partial charge in [-0.3, -0.25) is 0 Å². The molecule has 0 aliphatic rings. The summed E-state index contributed by atoms with van der Waals surface area (Å²) < 4.78 is 21.6. The van der Waals surface area contributed by atoms with Crippen LogP contribution in [0.15, 0.2) is 74.9 Å². The molecule has 0 saturated carbocycles. The molecule has 10 heteroatoms. The van der Waals surface area contributed by atoms with Crippen LogP contribution in [0, 0.1) is 41.5 Å². The Bertz CT molecular complexity index is 1620. The summed E-state index contributed by atoms with van der Waals surface area (Å²) in [4.78, 5) is 17.0. The number of hydrogen-bond donors (Lipinski definition) is 0. The highest BCUT2D eigenvalue weighted by Crippen LogP contribution is 2.36. The van der Waals surface area contributed by atoms with Crippen LogP contribution in [0.3, 0.4) is 0 Å². The molecule has 10 nitrogen and oxygen atoms in total. The third-order valence-electron chi connectivity index (χ3n) is 9.16. The van der Waals surface area contributed by atoms with Crippen LogP contribution in [-0.4, -0.2) is 51.4 Å². The lowest BCUT2D eigenvalue weighted by Gasteiger charge is -2.24. The largest absolute Gasteiger partial charge is 0.489 e. The second-order valence-electron chi connectivity index (χ2n) is 12.0. The molecule has 0 fully saturated rings.